The molecule has 0 spiro atoms. The number of nitrogens with zero attached hydrogens (tertiary/aromatic N) is 2. The van der Waals surface area contributed by atoms with E-state index >= 15 is 0 Å². The van der Waals surface area contributed by atoms with Crippen molar-refractivity contribution >= 4 is 27.5 Å². The Kier molecular flexibility index (Phi) is 11.5. The maximum atomic E-state index is 14.6. The molecule has 0 unspecified atom stereocenters. The normalized spacial score (nSPS) is 13.9. The van der Waals surface area contributed by atoms with Gasteiger partial charge in [-0.1, -0.05) is 67.4 Å². The third-order valence-electron chi connectivity index (χ3n) is 8.69. The minimum Gasteiger partial charge on any atom is -0.494 e. The van der Waals surface area contributed by atoms with Gasteiger partial charge in [0.2, 0.25) is 11.8 Å². The number of rotatable bonds is 14. The van der Waals surface area contributed by atoms with Crippen LogP contribution in [0.5, 0.6) is 5.75 Å². The fraction of sp³-hybridized carbons (Fsp3) is 0.316. The number of benzene rings is 4. The quantitative estimate of drug-likeness (QED) is 0.167. The van der Waals surface area contributed by atoms with Crippen molar-refractivity contribution in [2.45, 2.75) is 69.5 Å². The molecule has 10 heteroatoms. The number of amides is 2. The SMILES string of the molecule is CCOc1ccc(S(=O)(=O)N(CC(=O)N(Cc2ccccc2C)[C@H](Cc2ccccc2)C(=O)NC2CCCC2)c2ccc(F)cc2)cc1. The minimum atomic E-state index is -4.32. The number of carbonyl (C=O) groups is 2. The van der Waals surface area contributed by atoms with Crippen molar-refractivity contribution in [3.05, 3.63) is 126 Å². The molecule has 5 rings (SSSR count). The van der Waals surface area contributed by atoms with E-state index in [1.807, 2.05) is 68.4 Å². The largest absolute Gasteiger partial charge is 0.494 e. The summed E-state index contributed by atoms with van der Waals surface area (Å²) >= 11 is 0. The van der Waals surface area contributed by atoms with Crippen LogP contribution in [0.3, 0.4) is 0 Å². The molecule has 1 aliphatic carbocycles. The third-order valence-corrected chi connectivity index (χ3v) is 10.5. The lowest BCUT2D eigenvalue weighted by Crippen LogP contribution is -2.54. The van der Waals surface area contributed by atoms with Crippen LogP contribution >= 0.6 is 0 Å². The summed E-state index contributed by atoms with van der Waals surface area (Å²) in [5.74, 6) is -0.895. The number of anilines is 1. The topological polar surface area (TPSA) is 96.0 Å². The van der Waals surface area contributed by atoms with Gasteiger partial charge in [0.25, 0.3) is 10.0 Å². The predicted octanol–water partition coefficient (Wildman–Crippen LogP) is 6.43. The molecule has 1 aliphatic rings. The molecule has 4 aromatic rings. The Morgan fingerprint density at radius 1 is 0.896 bits per heavy atom. The zero-order chi connectivity index (χ0) is 34.1. The number of hydrogen-bond acceptors (Lipinski definition) is 5. The highest BCUT2D eigenvalue weighted by molar-refractivity contribution is 7.92. The molecule has 0 heterocycles. The van der Waals surface area contributed by atoms with Crippen LogP contribution in [-0.2, 0) is 32.6 Å². The fourth-order valence-corrected chi connectivity index (χ4v) is 7.44. The summed E-state index contributed by atoms with van der Waals surface area (Å²) in [6.45, 7) is 3.65. The lowest BCUT2D eigenvalue weighted by atomic mass is 10.0. The number of ether oxygens (including phenoxy) is 1. The van der Waals surface area contributed by atoms with Crippen LogP contribution in [0.1, 0.15) is 49.3 Å². The van der Waals surface area contributed by atoms with Crippen molar-refractivity contribution in [1.29, 1.82) is 0 Å². The van der Waals surface area contributed by atoms with E-state index in [-0.39, 0.29) is 35.5 Å². The Bertz CT molecular complexity index is 1780. The molecule has 0 bridgehead atoms. The first-order chi connectivity index (χ1) is 23.2. The summed E-state index contributed by atoms with van der Waals surface area (Å²) in [6.07, 6.45) is 4.02. The van der Waals surface area contributed by atoms with Gasteiger partial charge in [-0.15, -0.1) is 0 Å². The van der Waals surface area contributed by atoms with Gasteiger partial charge in [-0.3, -0.25) is 13.9 Å². The number of hydrogen-bond donors (Lipinski definition) is 1. The number of aryl methyl sites for hydroxylation is 1. The maximum Gasteiger partial charge on any atom is 0.264 e. The molecular formula is C38H42FN3O5S. The van der Waals surface area contributed by atoms with Crippen molar-refractivity contribution in [1.82, 2.24) is 10.2 Å². The highest BCUT2D eigenvalue weighted by Crippen LogP contribution is 2.27. The molecule has 4 aromatic carbocycles. The summed E-state index contributed by atoms with van der Waals surface area (Å²) in [5.41, 5.74) is 2.75. The summed E-state index contributed by atoms with van der Waals surface area (Å²) in [5, 5.41) is 3.18. The van der Waals surface area contributed by atoms with Crippen LogP contribution in [0.25, 0.3) is 0 Å². The van der Waals surface area contributed by atoms with Crippen molar-refractivity contribution in [3.8, 4) is 5.75 Å². The molecular weight excluding hydrogens is 629 g/mol. The first-order valence-electron chi connectivity index (χ1n) is 16.3. The average molecular weight is 672 g/mol. The van der Waals surface area contributed by atoms with Crippen LogP contribution in [0, 0.1) is 12.7 Å². The average Bonchev–Trinajstić information content (AvgIpc) is 3.60. The van der Waals surface area contributed by atoms with E-state index in [1.165, 1.54) is 29.2 Å². The molecule has 252 valence electrons. The van der Waals surface area contributed by atoms with E-state index in [9.17, 15) is 22.4 Å². The number of sulfonamides is 1. The van der Waals surface area contributed by atoms with Gasteiger partial charge in [-0.25, -0.2) is 12.8 Å². The molecule has 1 atom stereocenters. The minimum absolute atomic E-state index is 0.0157. The van der Waals surface area contributed by atoms with E-state index in [0.29, 0.717) is 12.4 Å². The third kappa shape index (κ3) is 8.60. The Balaban J connectivity index is 1.56. The highest BCUT2D eigenvalue weighted by atomic mass is 32.2. The second-order valence-corrected chi connectivity index (χ2v) is 13.9. The van der Waals surface area contributed by atoms with Gasteiger partial charge < -0.3 is 15.0 Å². The standard InChI is InChI=1S/C38H42FN3O5S/c1-3-47-34-21-23-35(24-22-34)48(45,46)42(33-19-17-31(39)18-20-33)27-37(43)41(26-30-14-8-7-11-28(30)2)36(25-29-12-5-4-6-13-29)38(44)40-32-15-9-10-16-32/h4-8,11-14,17-24,32,36H,3,9-10,15-16,25-27H2,1-2H3,(H,40,44)/t36-/m1/s1. The number of nitrogens with one attached hydrogen (secondary N) is 1. The van der Waals surface area contributed by atoms with Gasteiger partial charge in [0.1, 0.15) is 24.2 Å². The maximum absolute atomic E-state index is 14.6. The second-order valence-electron chi connectivity index (χ2n) is 12.0. The number of halogens is 1. The Hall–Kier alpha value is -4.70. The monoisotopic (exact) mass is 671 g/mol. The second kappa shape index (κ2) is 15.9. The zero-order valence-electron chi connectivity index (χ0n) is 27.3. The molecule has 0 radical (unpaired) electrons. The molecule has 2 amide bonds. The first-order valence-corrected chi connectivity index (χ1v) is 17.8. The van der Waals surface area contributed by atoms with Gasteiger partial charge in [-0.05, 0) is 91.9 Å². The van der Waals surface area contributed by atoms with Gasteiger partial charge in [0.15, 0.2) is 0 Å². The van der Waals surface area contributed by atoms with E-state index in [1.54, 1.807) is 12.1 Å². The van der Waals surface area contributed by atoms with Gasteiger partial charge >= 0.3 is 0 Å². The molecule has 0 aliphatic heterocycles. The van der Waals surface area contributed by atoms with Crippen LogP contribution in [0.4, 0.5) is 10.1 Å². The van der Waals surface area contributed by atoms with E-state index < -0.39 is 34.3 Å². The Morgan fingerprint density at radius 3 is 2.19 bits per heavy atom. The Morgan fingerprint density at radius 2 is 1.54 bits per heavy atom. The summed E-state index contributed by atoms with van der Waals surface area (Å²) < 4.78 is 48.9. The van der Waals surface area contributed by atoms with Crippen LogP contribution < -0.4 is 14.4 Å². The van der Waals surface area contributed by atoms with Gasteiger partial charge in [0.05, 0.1) is 17.2 Å². The van der Waals surface area contributed by atoms with Crippen molar-refractivity contribution in [3.63, 3.8) is 0 Å². The number of carbonyl (C=O) groups excluding carboxylic acids is 2. The lowest BCUT2D eigenvalue weighted by molar-refractivity contribution is -0.140. The van der Waals surface area contributed by atoms with Gasteiger partial charge in [0, 0.05) is 19.0 Å². The van der Waals surface area contributed by atoms with E-state index in [4.69, 9.17) is 4.74 Å². The van der Waals surface area contributed by atoms with Crippen LogP contribution in [-0.4, -0.2) is 50.4 Å². The van der Waals surface area contributed by atoms with Crippen molar-refractivity contribution in [2.75, 3.05) is 17.5 Å². The Labute approximate surface area is 282 Å². The van der Waals surface area contributed by atoms with Crippen molar-refractivity contribution < 1.29 is 27.1 Å². The van der Waals surface area contributed by atoms with E-state index in [2.05, 4.69) is 5.32 Å². The predicted molar refractivity (Wildman–Crippen MR) is 185 cm³/mol. The summed E-state index contributed by atoms with van der Waals surface area (Å²) in [6, 6.07) is 27.1. The smallest absolute Gasteiger partial charge is 0.264 e. The van der Waals surface area contributed by atoms with Crippen LogP contribution in [0.2, 0.25) is 0 Å². The molecule has 8 nitrogen and oxygen atoms in total. The van der Waals surface area contributed by atoms with Crippen LogP contribution in [0.15, 0.2) is 108 Å². The molecule has 48 heavy (non-hydrogen) atoms. The zero-order valence-corrected chi connectivity index (χ0v) is 28.2. The molecule has 0 saturated heterocycles. The molecule has 1 fully saturated rings. The molecule has 1 saturated carbocycles. The first kappa shape index (κ1) is 34.6. The summed E-state index contributed by atoms with van der Waals surface area (Å²) in [4.78, 5) is 30.2. The van der Waals surface area contributed by atoms with Crippen molar-refractivity contribution in [2.24, 2.45) is 0 Å². The lowest BCUT2D eigenvalue weighted by Gasteiger charge is -2.34. The van der Waals surface area contributed by atoms with Gasteiger partial charge in [-0.2, -0.15) is 0 Å². The highest BCUT2D eigenvalue weighted by Gasteiger charge is 2.35. The fourth-order valence-electron chi connectivity index (χ4n) is 6.03. The molecule has 1 N–H and O–H groups in total. The molecule has 0 aromatic heterocycles. The summed E-state index contributed by atoms with van der Waals surface area (Å²) in [7, 11) is -4.32. The van der Waals surface area contributed by atoms with E-state index in [0.717, 1.165) is 58.8 Å².